The van der Waals surface area contributed by atoms with Gasteiger partial charge in [0.1, 0.15) is 0 Å². The summed E-state index contributed by atoms with van der Waals surface area (Å²) in [7, 11) is 0. The van der Waals surface area contributed by atoms with Crippen LogP contribution >= 0.6 is 11.8 Å². The molecule has 2 N–H and O–H groups in total. The third-order valence-corrected chi connectivity index (χ3v) is 5.45. The summed E-state index contributed by atoms with van der Waals surface area (Å²) >= 11 is 1.65. The van der Waals surface area contributed by atoms with E-state index in [0.29, 0.717) is 19.4 Å². The highest BCUT2D eigenvalue weighted by Gasteiger charge is 2.41. The van der Waals surface area contributed by atoms with Crippen LogP contribution < -0.4 is 5.32 Å². The summed E-state index contributed by atoms with van der Waals surface area (Å²) in [5.74, 6) is -1.95. The highest BCUT2D eigenvalue weighted by molar-refractivity contribution is 7.99. The first-order valence-corrected chi connectivity index (χ1v) is 8.78. The van der Waals surface area contributed by atoms with Gasteiger partial charge >= 0.3 is 5.97 Å². The normalized spacial score (nSPS) is 19.3. The van der Waals surface area contributed by atoms with Crippen molar-refractivity contribution in [1.29, 1.82) is 0 Å². The molecule has 1 aliphatic carbocycles. The maximum atomic E-state index is 12.2. The van der Waals surface area contributed by atoms with Crippen LogP contribution in [0.25, 0.3) is 0 Å². The number of aliphatic carboxylic acids is 1. The van der Waals surface area contributed by atoms with E-state index < -0.39 is 17.8 Å². The van der Waals surface area contributed by atoms with Crippen LogP contribution in [0.3, 0.4) is 0 Å². The molecule has 2 aromatic rings. The Kier molecular flexibility index (Phi) is 5.20. The van der Waals surface area contributed by atoms with E-state index in [2.05, 4.69) is 5.32 Å². The van der Waals surface area contributed by atoms with E-state index in [9.17, 15) is 9.59 Å². The number of carboxylic acids is 1. The molecule has 0 bridgehead atoms. The third-order valence-electron chi connectivity index (χ3n) is 4.33. The second-order valence-electron chi connectivity index (χ2n) is 5.87. The number of carboxylic acid groups (broad SMARTS) is 1. The number of nitrogens with one attached hydrogen (secondary N) is 1. The minimum absolute atomic E-state index is 0.159. The minimum Gasteiger partial charge on any atom is -0.481 e. The van der Waals surface area contributed by atoms with Gasteiger partial charge in [0.05, 0.1) is 11.8 Å². The lowest BCUT2D eigenvalue weighted by atomic mass is 9.73. The van der Waals surface area contributed by atoms with E-state index >= 15 is 0 Å². The average molecular weight is 341 g/mol. The van der Waals surface area contributed by atoms with E-state index in [0.717, 1.165) is 15.4 Å². The molecule has 0 heterocycles. The smallest absolute Gasteiger partial charge is 0.307 e. The SMILES string of the molecule is O=C(O)C1CCC1C(=O)NCc1ccccc1Sc1ccccc1. The largest absolute Gasteiger partial charge is 0.481 e. The second kappa shape index (κ2) is 7.53. The lowest BCUT2D eigenvalue weighted by molar-refractivity contribution is -0.152. The first-order valence-electron chi connectivity index (χ1n) is 7.96. The fourth-order valence-corrected chi connectivity index (χ4v) is 3.75. The zero-order valence-electron chi connectivity index (χ0n) is 13.1. The Morgan fingerprint density at radius 1 is 1.00 bits per heavy atom. The summed E-state index contributed by atoms with van der Waals surface area (Å²) in [6, 6.07) is 18.0. The van der Waals surface area contributed by atoms with Gasteiger partial charge in [0, 0.05) is 16.3 Å². The van der Waals surface area contributed by atoms with Gasteiger partial charge in [-0.2, -0.15) is 0 Å². The highest BCUT2D eigenvalue weighted by Crippen LogP contribution is 2.35. The van der Waals surface area contributed by atoms with Crippen molar-refractivity contribution in [2.24, 2.45) is 11.8 Å². The number of hydrogen-bond acceptors (Lipinski definition) is 3. The molecule has 2 unspecified atom stereocenters. The molecular formula is C19H19NO3S. The maximum Gasteiger partial charge on any atom is 0.307 e. The van der Waals surface area contributed by atoms with Gasteiger partial charge < -0.3 is 10.4 Å². The molecule has 2 atom stereocenters. The third kappa shape index (κ3) is 3.79. The average Bonchev–Trinajstić information content (AvgIpc) is 2.53. The maximum absolute atomic E-state index is 12.2. The molecular weight excluding hydrogens is 322 g/mol. The Morgan fingerprint density at radius 3 is 2.33 bits per heavy atom. The quantitative estimate of drug-likeness (QED) is 0.843. The molecule has 5 heteroatoms. The predicted octanol–water partition coefficient (Wildman–Crippen LogP) is 3.56. The van der Waals surface area contributed by atoms with Crippen molar-refractivity contribution in [1.82, 2.24) is 5.32 Å². The first-order chi connectivity index (χ1) is 11.6. The second-order valence-corrected chi connectivity index (χ2v) is 6.98. The number of benzene rings is 2. The van der Waals surface area contributed by atoms with E-state index in [1.165, 1.54) is 0 Å². The molecule has 4 nitrogen and oxygen atoms in total. The van der Waals surface area contributed by atoms with Crippen LogP contribution in [0.4, 0.5) is 0 Å². The van der Waals surface area contributed by atoms with Gasteiger partial charge in [-0.1, -0.05) is 48.2 Å². The number of amides is 1. The Hall–Kier alpha value is -2.27. The van der Waals surface area contributed by atoms with Crippen molar-refractivity contribution in [2.75, 3.05) is 0 Å². The summed E-state index contributed by atoms with van der Waals surface area (Å²) < 4.78 is 0. The van der Waals surface area contributed by atoms with E-state index in [1.54, 1.807) is 11.8 Å². The molecule has 3 rings (SSSR count). The van der Waals surface area contributed by atoms with Gasteiger partial charge in [-0.3, -0.25) is 9.59 Å². The number of hydrogen-bond donors (Lipinski definition) is 2. The van der Waals surface area contributed by atoms with Crippen molar-refractivity contribution in [3.8, 4) is 0 Å². The molecule has 2 aromatic carbocycles. The van der Waals surface area contributed by atoms with Gasteiger partial charge in [-0.05, 0) is 36.6 Å². The van der Waals surface area contributed by atoms with E-state index in [-0.39, 0.29) is 5.91 Å². The summed E-state index contributed by atoms with van der Waals surface area (Å²) in [6.07, 6.45) is 1.25. The van der Waals surface area contributed by atoms with Crippen LogP contribution in [0, 0.1) is 11.8 Å². The van der Waals surface area contributed by atoms with E-state index in [4.69, 9.17) is 5.11 Å². The molecule has 0 saturated heterocycles. The van der Waals surface area contributed by atoms with Crippen LogP contribution in [-0.2, 0) is 16.1 Å². The van der Waals surface area contributed by atoms with Gasteiger partial charge in [0.25, 0.3) is 0 Å². The topological polar surface area (TPSA) is 66.4 Å². The van der Waals surface area contributed by atoms with Crippen LogP contribution in [0.5, 0.6) is 0 Å². The minimum atomic E-state index is -0.874. The molecule has 124 valence electrons. The van der Waals surface area contributed by atoms with Gasteiger partial charge in [-0.25, -0.2) is 0 Å². The molecule has 1 amide bonds. The van der Waals surface area contributed by atoms with E-state index in [1.807, 2.05) is 54.6 Å². The van der Waals surface area contributed by atoms with Crippen molar-refractivity contribution >= 4 is 23.6 Å². The Morgan fingerprint density at radius 2 is 1.67 bits per heavy atom. The van der Waals surface area contributed by atoms with Crippen LogP contribution in [0.1, 0.15) is 18.4 Å². The van der Waals surface area contributed by atoms with Crippen molar-refractivity contribution < 1.29 is 14.7 Å². The van der Waals surface area contributed by atoms with Crippen molar-refractivity contribution in [3.05, 3.63) is 60.2 Å². The lowest BCUT2D eigenvalue weighted by Gasteiger charge is -2.32. The summed E-state index contributed by atoms with van der Waals surface area (Å²) in [5.41, 5.74) is 1.03. The first kappa shape index (κ1) is 16.6. The molecule has 1 fully saturated rings. The Bertz CT molecular complexity index is 732. The molecule has 0 radical (unpaired) electrons. The van der Waals surface area contributed by atoms with Crippen LogP contribution in [-0.4, -0.2) is 17.0 Å². The van der Waals surface area contributed by atoms with Crippen LogP contribution in [0.15, 0.2) is 64.4 Å². The lowest BCUT2D eigenvalue weighted by Crippen LogP contribution is -2.43. The molecule has 1 saturated carbocycles. The van der Waals surface area contributed by atoms with Crippen molar-refractivity contribution in [2.45, 2.75) is 29.2 Å². The Balaban J connectivity index is 1.63. The number of rotatable bonds is 6. The van der Waals surface area contributed by atoms with Gasteiger partial charge in [0.2, 0.25) is 5.91 Å². The predicted molar refractivity (Wildman–Crippen MR) is 92.7 cm³/mol. The van der Waals surface area contributed by atoms with Crippen molar-refractivity contribution in [3.63, 3.8) is 0 Å². The molecule has 0 spiro atoms. The molecule has 24 heavy (non-hydrogen) atoms. The molecule has 1 aliphatic rings. The Labute approximate surface area is 145 Å². The number of carbonyl (C=O) groups excluding carboxylic acids is 1. The zero-order chi connectivity index (χ0) is 16.9. The van der Waals surface area contributed by atoms with Gasteiger partial charge in [-0.15, -0.1) is 0 Å². The summed E-state index contributed by atoms with van der Waals surface area (Å²) in [4.78, 5) is 25.5. The molecule has 0 aliphatic heterocycles. The highest BCUT2D eigenvalue weighted by atomic mass is 32.2. The molecule has 0 aromatic heterocycles. The fourth-order valence-electron chi connectivity index (χ4n) is 2.79. The fraction of sp³-hybridized carbons (Fsp3) is 0.263. The standard InChI is InChI=1S/C19H19NO3S/c21-18(15-10-11-16(15)19(22)23)20-12-13-6-4-5-9-17(13)24-14-7-2-1-3-8-14/h1-9,15-16H,10-12H2,(H,20,21)(H,22,23). The monoisotopic (exact) mass is 341 g/mol. The zero-order valence-corrected chi connectivity index (χ0v) is 14.0. The van der Waals surface area contributed by atoms with Gasteiger partial charge in [0.15, 0.2) is 0 Å². The summed E-state index contributed by atoms with van der Waals surface area (Å²) in [6.45, 7) is 0.414. The number of carbonyl (C=O) groups is 2. The summed E-state index contributed by atoms with van der Waals surface area (Å²) in [5, 5.41) is 12.0. The van der Waals surface area contributed by atoms with Crippen LogP contribution in [0.2, 0.25) is 0 Å².